The molecular weight excluding hydrogens is 314 g/mol. The van der Waals surface area contributed by atoms with Crippen molar-refractivity contribution in [1.29, 1.82) is 0 Å². The quantitative estimate of drug-likeness (QED) is 0.493. The van der Waals surface area contributed by atoms with E-state index in [0.717, 1.165) is 13.0 Å². The summed E-state index contributed by atoms with van der Waals surface area (Å²) < 4.78 is 0. The zero-order valence-corrected chi connectivity index (χ0v) is 16.1. The van der Waals surface area contributed by atoms with Gasteiger partial charge in [-0.3, -0.25) is 4.90 Å². The second-order valence-electron chi connectivity index (χ2n) is 7.23. The first-order chi connectivity index (χ1) is 12.6. The molecule has 3 aromatic carbocycles. The molecule has 0 radical (unpaired) electrons. The molecule has 0 bridgehead atoms. The van der Waals surface area contributed by atoms with Gasteiger partial charge in [0.25, 0.3) is 0 Å². The van der Waals surface area contributed by atoms with Gasteiger partial charge in [0, 0.05) is 12.0 Å². The van der Waals surface area contributed by atoms with Gasteiger partial charge >= 0.3 is 0 Å². The van der Waals surface area contributed by atoms with Gasteiger partial charge in [-0.15, -0.1) is 0 Å². The maximum Gasteiger partial charge on any atom is 0.0316 e. The van der Waals surface area contributed by atoms with Gasteiger partial charge in [0.15, 0.2) is 0 Å². The summed E-state index contributed by atoms with van der Waals surface area (Å²) in [5.74, 6) is 0.435. The summed E-state index contributed by atoms with van der Waals surface area (Å²) in [5.41, 5.74) is 5.52. The molecule has 0 aromatic heterocycles. The van der Waals surface area contributed by atoms with Gasteiger partial charge in [0.1, 0.15) is 0 Å². The predicted octanol–water partition coefficient (Wildman–Crippen LogP) is 6.21. The van der Waals surface area contributed by atoms with Crippen LogP contribution in [0.15, 0.2) is 84.9 Å². The van der Waals surface area contributed by atoms with Crippen molar-refractivity contribution in [1.82, 2.24) is 4.90 Å². The average molecular weight is 344 g/mol. The SMILES string of the molecule is Cc1cccc([C@H](C)N(C)CCC(c2ccccc2)c2ccccc2)c1. The molecule has 26 heavy (non-hydrogen) atoms. The van der Waals surface area contributed by atoms with Crippen molar-refractivity contribution in [3.63, 3.8) is 0 Å². The molecule has 3 rings (SSSR count). The van der Waals surface area contributed by atoms with Crippen molar-refractivity contribution < 1.29 is 0 Å². The van der Waals surface area contributed by atoms with E-state index in [9.17, 15) is 0 Å². The van der Waals surface area contributed by atoms with Crippen LogP contribution in [0.5, 0.6) is 0 Å². The molecule has 0 unspecified atom stereocenters. The Hall–Kier alpha value is -2.38. The van der Waals surface area contributed by atoms with Crippen LogP contribution in [0, 0.1) is 6.92 Å². The number of rotatable bonds is 7. The second kappa shape index (κ2) is 8.82. The molecule has 0 fully saturated rings. The first-order valence-electron chi connectivity index (χ1n) is 9.52. The van der Waals surface area contributed by atoms with E-state index in [1.807, 2.05) is 0 Å². The van der Waals surface area contributed by atoms with E-state index in [-0.39, 0.29) is 0 Å². The van der Waals surface area contributed by atoms with Crippen LogP contribution >= 0.6 is 0 Å². The monoisotopic (exact) mass is 343 g/mol. The smallest absolute Gasteiger partial charge is 0.0316 e. The van der Waals surface area contributed by atoms with E-state index in [1.54, 1.807) is 0 Å². The molecule has 1 nitrogen and oxygen atoms in total. The summed E-state index contributed by atoms with van der Waals surface area (Å²) in [6.07, 6.45) is 1.11. The van der Waals surface area contributed by atoms with Gasteiger partial charge in [-0.1, -0.05) is 90.5 Å². The fourth-order valence-corrected chi connectivity index (χ4v) is 3.61. The molecule has 0 aliphatic carbocycles. The Morgan fingerprint density at radius 2 is 1.27 bits per heavy atom. The largest absolute Gasteiger partial charge is 0.300 e. The summed E-state index contributed by atoms with van der Waals surface area (Å²) in [4.78, 5) is 2.47. The molecule has 1 atom stereocenters. The van der Waals surface area contributed by atoms with Crippen LogP contribution in [0.2, 0.25) is 0 Å². The van der Waals surface area contributed by atoms with E-state index >= 15 is 0 Å². The van der Waals surface area contributed by atoms with Crippen LogP contribution in [0.25, 0.3) is 0 Å². The van der Waals surface area contributed by atoms with E-state index in [1.165, 1.54) is 22.3 Å². The van der Waals surface area contributed by atoms with Gasteiger partial charge < -0.3 is 0 Å². The third-order valence-electron chi connectivity index (χ3n) is 5.36. The third kappa shape index (κ3) is 4.62. The Morgan fingerprint density at radius 1 is 0.731 bits per heavy atom. The molecule has 0 aliphatic heterocycles. The zero-order valence-electron chi connectivity index (χ0n) is 16.1. The van der Waals surface area contributed by atoms with E-state index in [4.69, 9.17) is 0 Å². The molecular formula is C25H29N. The minimum Gasteiger partial charge on any atom is -0.300 e. The molecule has 0 saturated heterocycles. The average Bonchev–Trinajstić information content (AvgIpc) is 2.69. The maximum atomic E-state index is 2.47. The molecule has 0 saturated carbocycles. The first kappa shape index (κ1) is 18.4. The van der Waals surface area contributed by atoms with E-state index in [0.29, 0.717) is 12.0 Å². The molecule has 0 spiro atoms. The molecule has 3 aromatic rings. The minimum atomic E-state index is 0.419. The van der Waals surface area contributed by atoms with E-state index < -0.39 is 0 Å². The second-order valence-corrected chi connectivity index (χ2v) is 7.23. The van der Waals surface area contributed by atoms with Crippen LogP contribution < -0.4 is 0 Å². The Balaban J connectivity index is 1.73. The van der Waals surface area contributed by atoms with Crippen LogP contribution in [-0.4, -0.2) is 18.5 Å². The van der Waals surface area contributed by atoms with Crippen molar-refractivity contribution in [3.8, 4) is 0 Å². The zero-order chi connectivity index (χ0) is 18.4. The summed E-state index contributed by atoms with van der Waals surface area (Å²) >= 11 is 0. The highest BCUT2D eigenvalue weighted by Gasteiger charge is 2.17. The Bertz CT molecular complexity index is 755. The van der Waals surface area contributed by atoms with Gasteiger partial charge in [0.2, 0.25) is 0 Å². The summed E-state index contributed by atoms with van der Waals surface area (Å²) in [7, 11) is 2.24. The normalized spacial score (nSPS) is 12.5. The fourth-order valence-electron chi connectivity index (χ4n) is 3.61. The number of aryl methyl sites for hydroxylation is 1. The highest BCUT2D eigenvalue weighted by Crippen LogP contribution is 2.29. The minimum absolute atomic E-state index is 0.419. The van der Waals surface area contributed by atoms with Gasteiger partial charge in [-0.25, -0.2) is 0 Å². The fraction of sp³-hybridized carbons (Fsp3) is 0.280. The number of hydrogen-bond acceptors (Lipinski definition) is 1. The molecule has 0 aliphatic rings. The van der Waals surface area contributed by atoms with Crippen molar-refractivity contribution in [2.75, 3.05) is 13.6 Å². The lowest BCUT2D eigenvalue weighted by molar-refractivity contribution is 0.254. The summed E-state index contributed by atoms with van der Waals surface area (Å²) in [6.45, 7) is 5.52. The van der Waals surface area contributed by atoms with Crippen molar-refractivity contribution in [2.45, 2.75) is 32.2 Å². The Kier molecular flexibility index (Phi) is 6.25. The Morgan fingerprint density at radius 3 is 1.81 bits per heavy atom. The summed E-state index contributed by atoms with van der Waals surface area (Å²) in [5, 5.41) is 0. The number of nitrogens with zero attached hydrogens (tertiary/aromatic N) is 1. The van der Waals surface area contributed by atoms with Crippen molar-refractivity contribution in [2.24, 2.45) is 0 Å². The van der Waals surface area contributed by atoms with Gasteiger partial charge in [0.05, 0.1) is 0 Å². The molecule has 0 amide bonds. The molecule has 0 N–H and O–H groups in total. The van der Waals surface area contributed by atoms with Crippen LogP contribution in [-0.2, 0) is 0 Å². The third-order valence-corrected chi connectivity index (χ3v) is 5.36. The lowest BCUT2D eigenvalue weighted by Gasteiger charge is -2.28. The molecule has 134 valence electrons. The van der Waals surface area contributed by atoms with Crippen LogP contribution in [0.3, 0.4) is 0 Å². The van der Waals surface area contributed by atoms with E-state index in [2.05, 4.69) is 111 Å². The van der Waals surface area contributed by atoms with Crippen LogP contribution in [0.4, 0.5) is 0 Å². The molecule has 0 heterocycles. The van der Waals surface area contributed by atoms with Crippen molar-refractivity contribution >= 4 is 0 Å². The molecule has 1 heteroatoms. The number of hydrogen-bond donors (Lipinski definition) is 0. The topological polar surface area (TPSA) is 3.24 Å². The number of benzene rings is 3. The lowest BCUT2D eigenvalue weighted by atomic mass is 9.88. The van der Waals surface area contributed by atoms with Gasteiger partial charge in [-0.2, -0.15) is 0 Å². The summed E-state index contributed by atoms with van der Waals surface area (Å²) in [6, 6.07) is 31.0. The maximum absolute atomic E-state index is 2.47. The lowest BCUT2D eigenvalue weighted by Crippen LogP contribution is -2.25. The standard InChI is InChI=1S/C25H29N/c1-20-11-10-16-24(19-20)21(2)26(3)18-17-25(22-12-6-4-7-13-22)23-14-8-5-9-15-23/h4-16,19,21,25H,17-18H2,1-3H3/t21-/m0/s1. The van der Waals surface area contributed by atoms with Gasteiger partial charge in [-0.05, 0) is 50.6 Å². The van der Waals surface area contributed by atoms with Crippen LogP contribution in [0.1, 0.15) is 47.6 Å². The predicted molar refractivity (Wildman–Crippen MR) is 112 cm³/mol. The Labute approximate surface area is 158 Å². The highest BCUT2D eigenvalue weighted by atomic mass is 15.1. The van der Waals surface area contributed by atoms with Crippen molar-refractivity contribution in [3.05, 3.63) is 107 Å². The first-order valence-corrected chi connectivity index (χ1v) is 9.52. The highest BCUT2D eigenvalue weighted by molar-refractivity contribution is 5.32.